The van der Waals surface area contributed by atoms with Crippen molar-refractivity contribution in [2.24, 2.45) is 5.73 Å². The number of hydrogen-bond donors (Lipinski definition) is 1. The summed E-state index contributed by atoms with van der Waals surface area (Å²) in [7, 11) is 0. The van der Waals surface area contributed by atoms with E-state index in [1.54, 1.807) is 0 Å². The molecule has 1 aliphatic heterocycles. The van der Waals surface area contributed by atoms with E-state index in [0.717, 1.165) is 30.2 Å². The third-order valence-electron chi connectivity index (χ3n) is 2.89. The van der Waals surface area contributed by atoms with E-state index in [-0.39, 0.29) is 5.82 Å². The van der Waals surface area contributed by atoms with E-state index in [1.165, 1.54) is 6.07 Å². The first kappa shape index (κ1) is 13.4. The van der Waals surface area contributed by atoms with Gasteiger partial charge in [-0.15, -0.1) is 0 Å². The summed E-state index contributed by atoms with van der Waals surface area (Å²) in [6.45, 7) is 3.07. The Bertz CT molecular complexity index is 459. The minimum absolute atomic E-state index is 0.169. The van der Waals surface area contributed by atoms with Crippen LogP contribution in [-0.4, -0.2) is 36.0 Å². The van der Waals surface area contributed by atoms with Gasteiger partial charge in [0.1, 0.15) is 5.82 Å². The molecule has 0 spiro atoms. The van der Waals surface area contributed by atoms with Crippen molar-refractivity contribution in [3.63, 3.8) is 0 Å². The number of nitrogens with zero attached hydrogens (tertiary/aromatic N) is 1. The van der Waals surface area contributed by atoms with Crippen LogP contribution in [0.3, 0.4) is 0 Å². The van der Waals surface area contributed by atoms with Gasteiger partial charge in [-0.05, 0) is 12.1 Å². The fraction of sp³-hybridized carbons (Fsp3) is 0.429. The summed E-state index contributed by atoms with van der Waals surface area (Å²) in [6, 6.07) is 5.19. The van der Waals surface area contributed by atoms with Gasteiger partial charge in [-0.25, -0.2) is 4.39 Å². The normalized spacial score (nSPS) is 16.1. The van der Waals surface area contributed by atoms with Gasteiger partial charge in [0, 0.05) is 42.3 Å². The molecule has 1 heterocycles. The Morgan fingerprint density at radius 3 is 2.78 bits per heavy atom. The zero-order valence-electron chi connectivity index (χ0n) is 10.3. The fourth-order valence-corrected chi connectivity index (χ4v) is 2.89. The van der Waals surface area contributed by atoms with Crippen molar-refractivity contribution in [1.82, 2.24) is 4.90 Å². The van der Waals surface area contributed by atoms with Crippen molar-refractivity contribution < 1.29 is 4.39 Å². The molecule has 1 saturated heterocycles. The maximum absolute atomic E-state index is 13.9. The fourth-order valence-electron chi connectivity index (χ4n) is 1.91. The predicted molar refractivity (Wildman–Crippen MR) is 74.9 cm³/mol. The van der Waals surface area contributed by atoms with Crippen LogP contribution in [0.15, 0.2) is 18.2 Å². The maximum atomic E-state index is 13.9. The van der Waals surface area contributed by atoms with Crippen molar-refractivity contribution in [2.45, 2.75) is 6.54 Å². The summed E-state index contributed by atoms with van der Waals surface area (Å²) in [5.74, 6) is 7.69. The minimum atomic E-state index is -0.169. The number of rotatable bonds is 2. The van der Waals surface area contributed by atoms with Crippen LogP contribution in [0.5, 0.6) is 0 Å². The molecular weight excluding hydrogens is 247 g/mol. The number of benzene rings is 1. The van der Waals surface area contributed by atoms with Crippen LogP contribution in [0, 0.1) is 17.7 Å². The van der Waals surface area contributed by atoms with E-state index in [4.69, 9.17) is 5.73 Å². The zero-order valence-corrected chi connectivity index (χ0v) is 11.1. The molecule has 1 aliphatic rings. The highest BCUT2D eigenvalue weighted by Gasteiger charge is 2.12. The first-order valence-electron chi connectivity index (χ1n) is 6.07. The molecule has 2 rings (SSSR count). The van der Waals surface area contributed by atoms with Crippen LogP contribution < -0.4 is 5.73 Å². The summed E-state index contributed by atoms with van der Waals surface area (Å²) < 4.78 is 13.9. The summed E-state index contributed by atoms with van der Waals surface area (Å²) >= 11 is 1.96. The van der Waals surface area contributed by atoms with E-state index >= 15 is 0 Å². The lowest BCUT2D eigenvalue weighted by Crippen LogP contribution is -2.32. The van der Waals surface area contributed by atoms with Crippen LogP contribution in [-0.2, 0) is 6.54 Å². The Labute approximate surface area is 112 Å². The van der Waals surface area contributed by atoms with Crippen LogP contribution >= 0.6 is 11.8 Å². The maximum Gasteiger partial charge on any atom is 0.128 e. The second kappa shape index (κ2) is 6.79. The largest absolute Gasteiger partial charge is 0.320 e. The van der Waals surface area contributed by atoms with Crippen LogP contribution in [0.25, 0.3) is 0 Å². The average molecular weight is 264 g/mol. The molecule has 0 unspecified atom stereocenters. The van der Waals surface area contributed by atoms with E-state index in [9.17, 15) is 4.39 Å². The van der Waals surface area contributed by atoms with Crippen LogP contribution in [0.4, 0.5) is 4.39 Å². The van der Waals surface area contributed by atoms with Crippen molar-refractivity contribution in [3.05, 3.63) is 35.1 Å². The third kappa shape index (κ3) is 3.74. The molecule has 1 aromatic rings. The van der Waals surface area contributed by atoms with Gasteiger partial charge in [0.05, 0.1) is 6.54 Å². The summed E-state index contributed by atoms with van der Waals surface area (Å²) in [5.41, 5.74) is 6.73. The van der Waals surface area contributed by atoms with Gasteiger partial charge in [0.2, 0.25) is 0 Å². The lowest BCUT2D eigenvalue weighted by molar-refractivity contribution is 0.290. The van der Waals surface area contributed by atoms with E-state index in [0.29, 0.717) is 18.7 Å². The van der Waals surface area contributed by atoms with Crippen molar-refractivity contribution in [2.75, 3.05) is 31.1 Å². The summed E-state index contributed by atoms with van der Waals surface area (Å²) in [4.78, 5) is 2.29. The molecule has 2 nitrogen and oxygen atoms in total. The molecule has 0 aliphatic carbocycles. The quantitative estimate of drug-likeness (QED) is 0.824. The number of halogens is 1. The number of thioether (sulfide) groups is 1. The number of hydrogen-bond acceptors (Lipinski definition) is 3. The molecule has 2 N–H and O–H groups in total. The van der Waals surface area contributed by atoms with Gasteiger partial charge in [-0.1, -0.05) is 17.9 Å². The second-order valence-electron chi connectivity index (χ2n) is 4.20. The molecule has 0 bridgehead atoms. The van der Waals surface area contributed by atoms with Gasteiger partial charge in [-0.3, -0.25) is 4.90 Å². The molecule has 96 valence electrons. The summed E-state index contributed by atoms with van der Waals surface area (Å²) in [6.07, 6.45) is 0. The molecule has 0 atom stereocenters. The van der Waals surface area contributed by atoms with Crippen molar-refractivity contribution in [1.29, 1.82) is 0 Å². The minimum Gasteiger partial charge on any atom is -0.320 e. The second-order valence-corrected chi connectivity index (χ2v) is 5.43. The standard InChI is InChI=1S/C14H17FN2S/c15-14-10-12(2-1-5-16)3-4-13(14)11-17-6-8-18-9-7-17/h3-4,10H,5-9,11,16H2. The van der Waals surface area contributed by atoms with Crippen molar-refractivity contribution in [3.8, 4) is 11.8 Å². The van der Waals surface area contributed by atoms with E-state index < -0.39 is 0 Å². The van der Waals surface area contributed by atoms with E-state index in [2.05, 4.69) is 16.7 Å². The Kier molecular flexibility index (Phi) is 5.06. The Morgan fingerprint density at radius 1 is 1.33 bits per heavy atom. The van der Waals surface area contributed by atoms with Gasteiger partial charge in [0.15, 0.2) is 0 Å². The number of nitrogens with two attached hydrogens (primary N) is 1. The van der Waals surface area contributed by atoms with Crippen LogP contribution in [0.1, 0.15) is 11.1 Å². The molecule has 0 aromatic heterocycles. The Morgan fingerprint density at radius 2 is 2.11 bits per heavy atom. The SMILES string of the molecule is NCC#Cc1ccc(CN2CCSCC2)c(F)c1. The van der Waals surface area contributed by atoms with Gasteiger partial charge >= 0.3 is 0 Å². The third-order valence-corrected chi connectivity index (χ3v) is 3.83. The average Bonchev–Trinajstić information content (AvgIpc) is 2.40. The highest BCUT2D eigenvalue weighted by atomic mass is 32.2. The smallest absolute Gasteiger partial charge is 0.128 e. The zero-order chi connectivity index (χ0) is 12.8. The Balaban J connectivity index is 2.04. The van der Waals surface area contributed by atoms with Crippen LogP contribution in [0.2, 0.25) is 0 Å². The molecule has 1 fully saturated rings. The first-order chi connectivity index (χ1) is 8.79. The molecular formula is C14H17FN2S. The van der Waals surface area contributed by atoms with Gasteiger partial charge < -0.3 is 5.73 Å². The monoisotopic (exact) mass is 264 g/mol. The molecule has 0 amide bonds. The van der Waals surface area contributed by atoms with E-state index in [1.807, 2.05) is 23.9 Å². The van der Waals surface area contributed by atoms with Gasteiger partial charge in [0.25, 0.3) is 0 Å². The highest BCUT2D eigenvalue weighted by molar-refractivity contribution is 7.99. The molecule has 18 heavy (non-hydrogen) atoms. The molecule has 0 radical (unpaired) electrons. The topological polar surface area (TPSA) is 29.3 Å². The van der Waals surface area contributed by atoms with Gasteiger partial charge in [-0.2, -0.15) is 11.8 Å². The molecule has 4 heteroatoms. The highest BCUT2D eigenvalue weighted by Crippen LogP contribution is 2.16. The van der Waals surface area contributed by atoms with Crippen molar-refractivity contribution >= 4 is 11.8 Å². The first-order valence-corrected chi connectivity index (χ1v) is 7.22. The lowest BCUT2D eigenvalue weighted by Gasteiger charge is -2.26. The predicted octanol–water partition coefficient (Wildman–Crippen LogP) is 1.68. The molecule has 1 aromatic carbocycles. The summed E-state index contributed by atoms with van der Waals surface area (Å²) in [5, 5.41) is 0. The molecule has 0 saturated carbocycles. The lowest BCUT2D eigenvalue weighted by atomic mass is 10.1. The Hall–Kier alpha value is -1.02.